The molecular weight excluding hydrogens is 388 g/mol. The molecule has 0 saturated carbocycles. The highest BCUT2D eigenvalue weighted by Gasteiger charge is 2.28. The van der Waals surface area contributed by atoms with E-state index in [1.807, 2.05) is 37.3 Å². The summed E-state index contributed by atoms with van der Waals surface area (Å²) in [6.45, 7) is 5.57. The number of anilines is 1. The monoisotopic (exact) mass is 412 g/mol. The van der Waals surface area contributed by atoms with Crippen molar-refractivity contribution in [1.29, 1.82) is 5.26 Å². The summed E-state index contributed by atoms with van der Waals surface area (Å²) >= 11 is 0. The predicted octanol–water partition coefficient (Wildman–Crippen LogP) is 4.55. The van der Waals surface area contributed by atoms with Crippen molar-refractivity contribution in [3.8, 4) is 6.07 Å². The predicted molar refractivity (Wildman–Crippen MR) is 122 cm³/mol. The van der Waals surface area contributed by atoms with Gasteiger partial charge >= 0.3 is 0 Å². The van der Waals surface area contributed by atoms with Gasteiger partial charge in [0.1, 0.15) is 17.1 Å². The van der Waals surface area contributed by atoms with Crippen LogP contribution < -0.4 is 10.5 Å². The molecule has 0 bridgehead atoms. The minimum Gasteiger partial charge on any atom is -0.440 e. The van der Waals surface area contributed by atoms with E-state index < -0.39 is 0 Å². The Labute approximate surface area is 180 Å². The quantitative estimate of drug-likeness (QED) is 0.483. The molecule has 156 valence electrons. The van der Waals surface area contributed by atoms with Crippen molar-refractivity contribution in [2.75, 3.05) is 18.0 Å². The fraction of sp³-hybridized carbons (Fsp3) is 0.320. The lowest BCUT2D eigenvalue weighted by atomic mass is 9.95. The minimum atomic E-state index is -0.245. The maximum absolute atomic E-state index is 12.9. The van der Waals surface area contributed by atoms with Crippen molar-refractivity contribution >= 4 is 27.7 Å². The molecule has 31 heavy (non-hydrogen) atoms. The third-order valence-electron chi connectivity index (χ3n) is 6.36. The van der Waals surface area contributed by atoms with E-state index in [2.05, 4.69) is 24.0 Å². The van der Waals surface area contributed by atoms with Crippen molar-refractivity contribution in [1.82, 2.24) is 9.55 Å². The van der Waals surface area contributed by atoms with Gasteiger partial charge in [0.2, 0.25) is 0 Å². The van der Waals surface area contributed by atoms with E-state index in [1.165, 1.54) is 5.56 Å². The second kappa shape index (κ2) is 7.28. The molecule has 1 saturated heterocycles. The maximum atomic E-state index is 12.9. The Hall–Kier alpha value is -3.59. The van der Waals surface area contributed by atoms with E-state index in [9.17, 15) is 10.1 Å². The molecule has 0 amide bonds. The molecule has 6 heteroatoms. The standard InChI is InChI=1S/C25H24N4O2/c1-15-4-6-21-18(12-15)23(19(14-26)25(30)28(21)3)29-10-8-17(9-11-29)24-27-20-13-16(2)5-7-22(20)31-24/h4-7,12-13,17H,8-11H2,1-3H3. The Balaban J connectivity index is 1.50. The van der Waals surface area contributed by atoms with Gasteiger partial charge in [0.25, 0.3) is 5.56 Å². The first-order chi connectivity index (χ1) is 15.0. The van der Waals surface area contributed by atoms with Crippen LogP contribution in [0.5, 0.6) is 0 Å². The lowest BCUT2D eigenvalue weighted by Gasteiger charge is -2.33. The largest absolute Gasteiger partial charge is 0.440 e. The van der Waals surface area contributed by atoms with Crippen molar-refractivity contribution < 1.29 is 4.42 Å². The van der Waals surface area contributed by atoms with Crippen LogP contribution in [0.3, 0.4) is 0 Å². The van der Waals surface area contributed by atoms with Crippen LogP contribution in [-0.4, -0.2) is 22.6 Å². The Morgan fingerprint density at radius 1 is 1.10 bits per heavy atom. The molecule has 0 radical (unpaired) electrons. The number of nitriles is 1. The number of aryl methyl sites for hydroxylation is 3. The van der Waals surface area contributed by atoms with Crippen molar-refractivity contribution in [2.45, 2.75) is 32.6 Å². The number of hydrogen-bond donors (Lipinski definition) is 0. The molecular formula is C25H24N4O2. The summed E-state index contributed by atoms with van der Waals surface area (Å²) in [7, 11) is 1.73. The van der Waals surface area contributed by atoms with Crippen molar-refractivity contribution in [3.63, 3.8) is 0 Å². The lowest BCUT2D eigenvalue weighted by Crippen LogP contribution is -2.35. The Morgan fingerprint density at radius 2 is 1.81 bits per heavy atom. The highest BCUT2D eigenvalue weighted by atomic mass is 16.3. The van der Waals surface area contributed by atoms with E-state index in [0.29, 0.717) is 0 Å². The maximum Gasteiger partial charge on any atom is 0.270 e. The van der Waals surface area contributed by atoms with Crippen LogP contribution >= 0.6 is 0 Å². The summed E-state index contributed by atoms with van der Waals surface area (Å²) in [6.07, 6.45) is 1.72. The fourth-order valence-electron chi connectivity index (χ4n) is 4.65. The van der Waals surface area contributed by atoms with Crippen LogP contribution in [0.1, 0.15) is 41.3 Å². The number of hydrogen-bond acceptors (Lipinski definition) is 5. The van der Waals surface area contributed by atoms with Gasteiger partial charge in [-0.2, -0.15) is 5.26 Å². The van der Waals surface area contributed by atoms with Gasteiger partial charge in [0.05, 0.1) is 11.2 Å². The summed E-state index contributed by atoms with van der Waals surface area (Å²) in [5, 5.41) is 10.8. The number of oxazole rings is 1. The number of nitrogens with zero attached hydrogens (tertiary/aromatic N) is 4. The molecule has 0 aliphatic carbocycles. The molecule has 0 unspecified atom stereocenters. The van der Waals surface area contributed by atoms with Crippen LogP contribution in [0.4, 0.5) is 5.69 Å². The molecule has 0 spiro atoms. The lowest BCUT2D eigenvalue weighted by molar-refractivity contribution is 0.407. The first-order valence-corrected chi connectivity index (χ1v) is 10.6. The second-order valence-electron chi connectivity index (χ2n) is 8.50. The van der Waals surface area contributed by atoms with Gasteiger partial charge in [-0.3, -0.25) is 4.79 Å². The molecule has 1 aliphatic heterocycles. The summed E-state index contributed by atoms with van der Waals surface area (Å²) in [4.78, 5) is 19.8. The molecule has 2 aromatic carbocycles. The van der Waals surface area contributed by atoms with E-state index in [0.717, 1.165) is 65.1 Å². The highest BCUT2D eigenvalue weighted by Crippen LogP contribution is 2.35. The van der Waals surface area contributed by atoms with E-state index >= 15 is 0 Å². The molecule has 2 aromatic heterocycles. The van der Waals surface area contributed by atoms with E-state index in [4.69, 9.17) is 9.40 Å². The topological polar surface area (TPSA) is 75.1 Å². The number of fused-ring (bicyclic) bond motifs is 2. The minimum absolute atomic E-state index is 0.219. The summed E-state index contributed by atoms with van der Waals surface area (Å²) < 4.78 is 7.61. The van der Waals surface area contributed by atoms with Crippen LogP contribution in [0.2, 0.25) is 0 Å². The third kappa shape index (κ3) is 3.17. The zero-order valence-corrected chi connectivity index (χ0v) is 18.0. The van der Waals surface area contributed by atoms with Crippen LogP contribution in [-0.2, 0) is 7.05 Å². The van der Waals surface area contributed by atoms with Crippen molar-refractivity contribution in [3.05, 3.63) is 69.3 Å². The van der Waals surface area contributed by atoms with Gasteiger partial charge in [0, 0.05) is 31.4 Å². The number of pyridine rings is 1. The normalized spacial score (nSPS) is 15.0. The highest BCUT2D eigenvalue weighted by molar-refractivity contribution is 5.95. The fourth-order valence-corrected chi connectivity index (χ4v) is 4.65. The van der Waals surface area contributed by atoms with Gasteiger partial charge < -0.3 is 13.9 Å². The van der Waals surface area contributed by atoms with E-state index in [1.54, 1.807) is 11.6 Å². The molecule has 5 rings (SSSR count). The smallest absolute Gasteiger partial charge is 0.270 e. The number of piperidine rings is 1. The first kappa shape index (κ1) is 19.4. The van der Waals surface area contributed by atoms with Gasteiger partial charge in [-0.25, -0.2) is 4.98 Å². The zero-order valence-electron chi connectivity index (χ0n) is 18.0. The van der Waals surface area contributed by atoms with Crippen LogP contribution in [0, 0.1) is 25.2 Å². The molecule has 1 aliphatic rings. The number of rotatable bonds is 2. The van der Waals surface area contributed by atoms with Gasteiger partial charge in [-0.15, -0.1) is 0 Å². The molecule has 3 heterocycles. The molecule has 4 aromatic rings. The van der Waals surface area contributed by atoms with Gasteiger partial charge in [-0.1, -0.05) is 17.7 Å². The van der Waals surface area contributed by atoms with Gasteiger partial charge in [-0.05, 0) is 56.5 Å². The Kier molecular flexibility index (Phi) is 4.55. The molecule has 1 fully saturated rings. The summed E-state index contributed by atoms with van der Waals surface area (Å²) in [6, 6.07) is 14.3. The number of benzene rings is 2. The van der Waals surface area contributed by atoms with Crippen LogP contribution in [0.15, 0.2) is 45.6 Å². The number of aromatic nitrogens is 2. The molecule has 6 nitrogen and oxygen atoms in total. The summed E-state index contributed by atoms with van der Waals surface area (Å²) in [5.41, 5.74) is 5.57. The third-order valence-corrected chi connectivity index (χ3v) is 6.36. The SMILES string of the molecule is Cc1ccc2oc(C3CCN(c4c(C#N)c(=O)n(C)c5ccc(C)cc45)CC3)nc2c1. The molecule has 0 atom stereocenters. The van der Waals surface area contributed by atoms with Gasteiger partial charge in [0.15, 0.2) is 11.5 Å². The first-order valence-electron chi connectivity index (χ1n) is 10.6. The Bertz CT molecular complexity index is 1420. The molecule has 0 N–H and O–H groups in total. The Morgan fingerprint density at radius 3 is 2.55 bits per heavy atom. The average molecular weight is 412 g/mol. The van der Waals surface area contributed by atoms with E-state index in [-0.39, 0.29) is 17.0 Å². The second-order valence-corrected chi connectivity index (χ2v) is 8.50. The van der Waals surface area contributed by atoms with Crippen LogP contribution in [0.25, 0.3) is 22.0 Å². The average Bonchev–Trinajstić information content (AvgIpc) is 3.19. The zero-order chi connectivity index (χ0) is 21.7. The summed E-state index contributed by atoms with van der Waals surface area (Å²) in [5.74, 6) is 1.01. The van der Waals surface area contributed by atoms with Crippen molar-refractivity contribution in [2.24, 2.45) is 7.05 Å².